The second-order valence-corrected chi connectivity index (χ2v) is 4.23. The molecule has 0 aliphatic carbocycles. The van der Waals surface area contributed by atoms with Gasteiger partial charge in [-0.3, -0.25) is 0 Å². The van der Waals surface area contributed by atoms with E-state index in [1.807, 2.05) is 6.20 Å². The average Bonchev–Trinajstić information content (AvgIpc) is 2.20. The van der Waals surface area contributed by atoms with Gasteiger partial charge < -0.3 is 4.90 Å². The van der Waals surface area contributed by atoms with Crippen LogP contribution in [0.2, 0.25) is 0 Å². The summed E-state index contributed by atoms with van der Waals surface area (Å²) in [6.07, 6.45) is 5.93. The van der Waals surface area contributed by atoms with Crippen molar-refractivity contribution < 1.29 is 0 Å². The summed E-state index contributed by atoms with van der Waals surface area (Å²) in [5, 5.41) is 0. The van der Waals surface area contributed by atoms with Gasteiger partial charge in [-0.15, -0.1) is 0 Å². The highest BCUT2D eigenvalue weighted by molar-refractivity contribution is 5.40. The van der Waals surface area contributed by atoms with Crippen LogP contribution in [0.4, 0.5) is 5.82 Å². The van der Waals surface area contributed by atoms with Crippen LogP contribution in [0.3, 0.4) is 0 Å². The first kappa shape index (κ1) is 9.50. The Labute approximate surface area is 86.0 Å². The molecule has 1 aliphatic rings. The Morgan fingerprint density at radius 1 is 1.36 bits per heavy atom. The molecule has 0 spiro atoms. The summed E-state index contributed by atoms with van der Waals surface area (Å²) in [4.78, 5) is 6.90. The number of aromatic nitrogens is 1. The summed E-state index contributed by atoms with van der Waals surface area (Å²) in [7, 11) is 0. The highest BCUT2D eigenvalue weighted by Crippen LogP contribution is 2.22. The number of rotatable bonds is 1. The van der Waals surface area contributed by atoms with Crippen LogP contribution in [-0.2, 0) is 0 Å². The van der Waals surface area contributed by atoms with Crippen molar-refractivity contribution >= 4 is 5.82 Å². The lowest BCUT2D eigenvalue weighted by Gasteiger charge is -2.34. The van der Waals surface area contributed by atoms with E-state index in [4.69, 9.17) is 0 Å². The van der Waals surface area contributed by atoms with Gasteiger partial charge in [0.25, 0.3) is 0 Å². The molecule has 2 rings (SSSR count). The number of piperidine rings is 1. The van der Waals surface area contributed by atoms with Gasteiger partial charge in [-0.05, 0) is 44.7 Å². The minimum Gasteiger partial charge on any atom is -0.354 e. The van der Waals surface area contributed by atoms with Crippen molar-refractivity contribution in [1.82, 2.24) is 4.98 Å². The van der Waals surface area contributed by atoms with Crippen LogP contribution in [0.1, 0.15) is 31.7 Å². The minimum atomic E-state index is 0.652. The zero-order valence-electron chi connectivity index (χ0n) is 9.03. The minimum absolute atomic E-state index is 0.652. The third-order valence-electron chi connectivity index (χ3n) is 2.99. The van der Waals surface area contributed by atoms with Crippen molar-refractivity contribution in [2.45, 2.75) is 39.2 Å². The Hall–Kier alpha value is -1.05. The van der Waals surface area contributed by atoms with Gasteiger partial charge in [-0.1, -0.05) is 6.07 Å². The van der Waals surface area contributed by atoms with E-state index in [1.54, 1.807) is 0 Å². The van der Waals surface area contributed by atoms with E-state index in [1.165, 1.54) is 24.8 Å². The van der Waals surface area contributed by atoms with Gasteiger partial charge in [0.05, 0.1) is 0 Å². The number of aryl methyl sites for hydroxylation is 1. The molecule has 0 N–H and O–H groups in total. The molecule has 1 saturated heterocycles. The van der Waals surface area contributed by atoms with E-state index in [2.05, 4.69) is 35.9 Å². The van der Waals surface area contributed by atoms with Gasteiger partial charge in [0.15, 0.2) is 0 Å². The van der Waals surface area contributed by atoms with E-state index in [-0.39, 0.29) is 0 Å². The molecule has 76 valence electrons. The summed E-state index contributed by atoms with van der Waals surface area (Å²) < 4.78 is 0. The lowest BCUT2D eigenvalue weighted by atomic mass is 10.0. The van der Waals surface area contributed by atoms with E-state index >= 15 is 0 Å². The Kier molecular flexibility index (Phi) is 2.71. The van der Waals surface area contributed by atoms with Crippen molar-refractivity contribution in [2.24, 2.45) is 0 Å². The molecule has 2 heteroatoms. The molecule has 0 amide bonds. The Morgan fingerprint density at radius 3 is 2.86 bits per heavy atom. The fraction of sp³-hybridized carbons (Fsp3) is 0.583. The molecule has 1 aromatic rings. The van der Waals surface area contributed by atoms with E-state index < -0.39 is 0 Å². The van der Waals surface area contributed by atoms with E-state index in [0.717, 1.165) is 12.4 Å². The smallest absolute Gasteiger partial charge is 0.128 e. The predicted octanol–water partition coefficient (Wildman–Crippen LogP) is 2.77. The largest absolute Gasteiger partial charge is 0.354 e. The van der Waals surface area contributed by atoms with Gasteiger partial charge >= 0.3 is 0 Å². The normalized spacial score (nSPS) is 22.4. The predicted molar refractivity (Wildman–Crippen MR) is 59.6 cm³/mol. The lowest BCUT2D eigenvalue weighted by Crippen LogP contribution is -2.37. The van der Waals surface area contributed by atoms with Crippen molar-refractivity contribution in [1.29, 1.82) is 0 Å². The van der Waals surface area contributed by atoms with Crippen LogP contribution >= 0.6 is 0 Å². The first-order valence-corrected chi connectivity index (χ1v) is 5.46. The highest BCUT2D eigenvalue weighted by Gasteiger charge is 2.18. The van der Waals surface area contributed by atoms with Crippen molar-refractivity contribution in [3.8, 4) is 0 Å². The first-order valence-electron chi connectivity index (χ1n) is 5.46. The lowest BCUT2D eigenvalue weighted by molar-refractivity contribution is 0.481. The van der Waals surface area contributed by atoms with Crippen molar-refractivity contribution in [3.05, 3.63) is 23.9 Å². The number of nitrogens with zero attached hydrogens (tertiary/aromatic N) is 2. The van der Waals surface area contributed by atoms with Crippen LogP contribution < -0.4 is 4.90 Å². The molecule has 1 aromatic heterocycles. The van der Waals surface area contributed by atoms with Gasteiger partial charge in [0.2, 0.25) is 0 Å². The van der Waals surface area contributed by atoms with Crippen molar-refractivity contribution in [3.63, 3.8) is 0 Å². The van der Waals surface area contributed by atoms with Crippen LogP contribution in [0.25, 0.3) is 0 Å². The molecule has 0 unspecified atom stereocenters. The first-order chi connectivity index (χ1) is 6.77. The van der Waals surface area contributed by atoms with Gasteiger partial charge in [0, 0.05) is 18.8 Å². The molecule has 0 saturated carbocycles. The highest BCUT2D eigenvalue weighted by atomic mass is 15.2. The molecule has 1 fully saturated rings. The second kappa shape index (κ2) is 3.99. The van der Waals surface area contributed by atoms with Crippen LogP contribution in [-0.4, -0.2) is 17.6 Å². The standard InChI is InChI=1S/C12H18N2/c1-10-6-7-12(13-9-10)14-8-4-3-5-11(14)2/h6-7,9,11H,3-5,8H2,1-2H3/t11-/m0/s1. The fourth-order valence-corrected chi connectivity index (χ4v) is 2.07. The summed E-state index contributed by atoms with van der Waals surface area (Å²) in [6.45, 7) is 5.54. The van der Waals surface area contributed by atoms with Crippen LogP contribution in [0.15, 0.2) is 18.3 Å². The maximum atomic E-state index is 4.48. The molecule has 2 heterocycles. The summed E-state index contributed by atoms with van der Waals surface area (Å²) in [5.74, 6) is 1.14. The number of hydrogen-bond donors (Lipinski definition) is 0. The molecule has 14 heavy (non-hydrogen) atoms. The second-order valence-electron chi connectivity index (χ2n) is 4.23. The summed E-state index contributed by atoms with van der Waals surface area (Å²) in [5.41, 5.74) is 1.23. The van der Waals surface area contributed by atoms with Crippen LogP contribution in [0, 0.1) is 6.92 Å². The number of anilines is 1. The zero-order valence-corrected chi connectivity index (χ0v) is 9.03. The van der Waals surface area contributed by atoms with E-state index in [9.17, 15) is 0 Å². The topological polar surface area (TPSA) is 16.1 Å². The maximum Gasteiger partial charge on any atom is 0.128 e. The zero-order chi connectivity index (χ0) is 9.97. The maximum absolute atomic E-state index is 4.48. The van der Waals surface area contributed by atoms with E-state index in [0.29, 0.717) is 6.04 Å². The quantitative estimate of drug-likeness (QED) is 0.677. The van der Waals surface area contributed by atoms with Crippen LogP contribution in [0.5, 0.6) is 0 Å². The monoisotopic (exact) mass is 190 g/mol. The molecular weight excluding hydrogens is 172 g/mol. The average molecular weight is 190 g/mol. The molecule has 0 bridgehead atoms. The summed E-state index contributed by atoms with van der Waals surface area (Å²) in [6, 6.07) is 4.93. The molecule has 1 aliphatic heterocycles. The Bertz CT molecular complexity index is 292. The van der Waals surface area contributed by atoms with Gasteiger partial charge in [-0.25, -0.2) is 4.98 Å². The third kappa shape index (κ3) is 1.89. The van der Waals surface area contributed by atoms with Crippen molar-refractivity contribution in [2.75, 3.05) is 11.4 Å². The number of pyridine rings is 1. The SMILES string of the molecule is Cc1ccc(N2CCCC[C@@H]2C)nc1. The van der Waals surface area contributed by atoms with Gasteiger partial charge in [-0.2, -0.15) is 0 Å². The molecular formula is C12H18N2. The fourth-order valence-electron chi connectivity index (χ4n) is 2.07. The molecule has 2 nitrogen and oxygen atoms in total. The Morgan fingerprint density at radius 2 is 2.21 bits per heavy atom. The molecule has 0 radical (unpaired) electrons. The molecule has 1 atom stereocenters. The van der Waals surface area contributed by atoms with Gasteiger partial charge in [0.1, 0.15) is 5.82 Å². The Balaban J connectivity index is 2.16. The number of hydrogen-bond acceptors (Lipinski definition) is 2. The molecule has 0 aromatic carbocycles. The third-order valence-corrected chi connectivity index (χ3v) is 2.99. The summed E-state index contributed by atoms with van der Waals surface area (Å²) >= 11 is 0.